The molecule has 12 nitrogen and oxygen atoms in total. The zero-order valence-corrected chi connectivity index (χ0v) is 11.1. The second kappa shape index (κ2) is 8.92. The van der Waals surface area contributed by atoms with Crippen LogP contribution in [0.4, 0.5) is 0 Å². The van der Waals surface area contributed by atoms with Gasteiger partial charge in [-0.05, 0) is 0 Å². The van der Waals surface area contributed by atoms with Crippen molar-refractivity contribution in [3.05, 3.63) is 10.4 Å². The van der Waals surface area contributed by atoms with Gasteiger partial charge in [-0.25, -0.2) is 0 Å². The number of nitrogens with zero attached hydrogens (tertiary/aromatic N) is 6. The first-order valence-electron chi connectivity index (χ1n) is 6.24. The first-order chi connectivity index (χ1) is 9.69. The van der Waals surface area contributed by atoms with Crippen LogP contribution in [0.1, 0.15) is 0 Å². The fourth-order valence-electron chi connectivity index (χ4n) is 1.75. The van der Waals surface area contributed by atoms with Crippen LogP contribution in [0, 0.1) is 10.4 Å². The zero-order valence-electron chi connectivity index (χ0n) is 11.1. The van der Waals surface area contributed by atoms with Gasteiger partial charge in [0.05, 0.1) is 23.0 Å². The van der Waals surface area contributed by atoms with E-state index in [-0.39, 0.29) is 23.0 Å². The monoisotopic (exact) mass is 292 g/mol. The second-order valence-electron chi connectivity index (χ2n) is 4.09. The van der Waals surface area contributed by atoms with Crippen LogP contribution < -0.4 is 10.6 Å². The molecule has 0 radical (unpaired) electrons. The summed E-state index contributed by atoms with van der Waals surface area (Å²) in [6, 6.07) is 0. The van der Waals surface area contributed by atoms with Crippen molar-refractivity contribution in [3.8, 4) is 0 Å². The lowest BCUT2D eigenvalue weighted by molar-refractivity contribution is -0.725. The first kappa shape index (κ1) is 16.0. The summed E-state index contributed by atoms with van der Waals surface area (Å²) in [5.41, 5.74) is 0. The molecule has 0 unspecified atom stereocenters. The molecule has 4 N–H and O–H groups in total. The van der Waals surface area contributed by atoms with Crippen molar-refractivity contribution in [3.63, 3.8) is 0 Å². The Bertz CT molecular complexity index is 306. The van der Waals surface area contributed by atoms with Crippen LogP contribution in [0.3, 0.4) is 0 Å². The smallest absolute Gasteiger partial charge is 0.230 e. The van der Waals surface area contributed by atoms with Gasteiger partial charge in [0, 0.05) is 26.2 Å². The maximum atomic E-state index is 11.3. The highest BCUT2D eigenvalue weighted by atomic mass is 16.6. The Balaban J connectivity index is 2.67. The van der Waals surface area contributed by atoms with Gasteiger partial charge < -0.3 is 31.5 Å². The molecule has 0 aromatic carbocycles. The molecule has 20 heavy (non-hydrogen) atoms. The van der Waals surface area contributed by atoms with Gasteiger partial charge in [-0.1, -0.05) is 0 Å². The minimum absolute atomic E-state index is 0.0646. The number of hydrogen-bond acceptors (Lipinski definition) is 6. The van der Waals surface area contributed by atoms with Gasteiger partial charge in [0.2, 0.25) is 10.6 Å². The lowest BCUT2D eigenvalue weighted by Gasteiger charge is -2.23. The molecule has 1 aliphatic heterocycles. The molecule has 0 saturated carbocycles. The normalized spacial score (nSPS) is 21.2. The third-order valence-corrected chi connectivity index (χ3v) is 2.83. The highest BCUT2D eigenvalue weighted by molar-refractivity contribution is 4.59. The summed E-state index contributed by atoms with van der Waals surface area (Å²) < 4.78 is 0. The molecule has 1 saturated heterocycles. The van der Waals surface area contributed by atoms with Gasteiger partial charge >= 0.3 is 0 Å². The minimum atomic E-state index is 0.0646. The summed E-state index contributed by atoms with van der Waals surface area (Å²) in [4.78, 5) is 0.129. The molecule has 0 spiro atoms. The lowest BCUT2D eigenvalue weighted by Crippen LogP contribution is -2.47. The summed E-state index contributed by atoms with van der Waals surface area (Å²) in [7, 11) is 0. The fourth-order valence-corrected chi connectivity index (χ4v) is 1.75. The van der Waals surface area contributed by atoms with Crippen molar-refractivity contribution < 1.29 is 20.4 Å². The molecule has 1 rings (SSSR count). The Morgan fingerprint density at radius 3 is 1.50 bits per heavy atom. The third kappa shape index (κ3) is 5.27. The quantitative estimate of drug-likeness (QED) is 0.268. The van der Waals surface area contributed by atoms with Crippen LogP contribution in [-0.4, -0.2) is 82.7 Å². The standard InChI is InChI=1S/C8H20N8O4/c17-11-15(19)13-5-3-9-1-2-10-4-6-14(8-7-13)16(20)12-18/h9-10,17-18H,1-8H2/b15-11-,16-12-. The second-order valence-corrected chi connectivity index (χ2v) is 4.09. The number of hydrogen-bond donors (Lipinski definition) is 4. The van der Waals surface area contributed by atoms with Crippen molar-refractivity contribution in [2.45, 2.75) is 0 Å². The van der Waals surface area contributed by atoms with Crippen molar-refractivity contribution in [2.24, 2.45) is 10.6 Å². The molecule has 1 aliphatic rings. The molecule has 1 heterocycles. The predicted octanol–water partition coefficient (Wildman–Crippen LogP) is -1.68. The molecule has 0 bridgehead atoms. The molecule has 0 aromatic rings. The van der Waals surface area contributed by atoms with Crippen molar-refractivity contribution in [1.82, 2.24) is 20.7 Å². The van der Waals surface area contributed by atoms with E-state index in [4.69, 9.17) is 10.4 Å². The minimum Gasteiger partial charge on any atom is -0.569 e. The van der Waals surface area contributed by atoms with Crippen molar-refractivity contribution >= 4 is 0 Å². The molecule has 0 atom stereocenters. The molecule has 1 fully saturated rings. The third-order valence-electron chi connectivity index (χ3n) is 2.83. The topological polar surface area (TPSA) is 148 Å². The summed E-state index contributed by atoms with van der Waals surface area (Å²) in [5.74, 6) is 0. The lowest BCUT2D eigenvalue weighted by atomic mass is 10.4. The molecule has 12 heteroatoms. The molecule has 0 aromatic heterocycles. The molecule has 116 valence electrons. The van der Waals surface area contributed by atoms with E-state index in [0.717, 1.165) is 0 Å². The van der Waals surface area contributed by atoms with Crippen LogP contribution in [0.25, 0.3) is 0 Å². The van der Waals surface area contributed by atoms with E-state index in [9.17, 15) is 10.4 Å². The van der Waals surface area contributed by atoms with E-state index in [1.807, 2.05) is 0 Å². The molecular formula is C8H20N8O4. The van der Waals surface area contributed by atoms with E-state index in [2.05, 4.69) is 21.2 Å². The molecular weight excluding hydrogens is 272 g/mol. The van der Waals surface area contributed by atoms with Gasteiger partial charge in [0.15, 0.2) is 0 Å². The summed E-state index contributed by atoms with van der Waals surface area (Å²) in [6.07, 6.45) is 0. The SMILES string of the molecule is [O-]/[N+](=N\O)N1CCNCCNCCN(/[N+]([O-])=N/O)CC1. The van der Waals surface area contributed by atoms with E-state index in [0.29, 0.717) is 39.3 Å². The number of hydrazine groups is 2. The van der Waals surface area contributed by atoms with E-state index >= 15 is 0 Å². The van der Waals surface area contributed by atoms with Gasteiger partial charge in [0.1, 0.15) is 13.1 Å². The van der Waals surface area contributed by atoms with Gasteiger partial charge in [-0.3, -0.25) is 0 Å². The maximum Gasteiger partial charge on any atom is 0.230 e. The largest absolute Gasteiger partial charge is 0.569 e. The van der Waals surface area contributed by atoms with Crippen molar-refractivity contribution in [1.29, 1.82) is 0 Å². The van der Waals surface area contributed by atoms with Crippen LogP contribution in [-0.2, 0) is 0 Å². The van der Waals surface area contributed by atoms with E-state index in [1.165, 1.54) is 10.0 Å². The Morgan fingerprint density at radius 1 is 0.750 bits per heavy atom. The van der Waals surface area contributed by atoms with E-state index in [1.54, 1.807) is 0 Å². The summed E-state index contributed by atoms with van der Waals surface area (Å²) in [5, 5.41) is 53.5. The predicted molar refractivity (Wildman–Crippen MR) is 64.6 cm³/mol. The Hall–Kier alpha value is -2.08. The van der Waals surface area contributed by atoms with Crippen LogP contribution >= 0.6 is 0 Å². The van der Waals surface area contributed by atoms with Gasteiger partial charge in [-0.2, -0.15) is 0 Å². The first-order valence-corrected chi connectivity index (χ1v) is 6.24. The van der Waals surface area contributed by atoms with Gasteiger partial charge in [-0.15, -0.1) is 10.0 Å². The van der Waals surface area contributed by atoms with Crippen LogP contribution in [0.2, 0.25) is 0 Å². The average Bonchev–Trinajstić information content (AvgIpc) is 2.46. The Morgan fingerprint density at radius 2 is 1.15 bits per heavy atom. The average molecular weight is 292 g/mol. The highest BCUT2D eigenvalue weighted by Crippen LogP contribution is 1.95. The Labute approximate surface area is 115 Å². The number of nitrogens with one attached hydrogen (secondary N) is 2. The maximum absolute atomic E-state index is 11.3. The summed E-state index contributed by atoms with van der Waals surface area (Å²) >= 11 is 0. The summed E-state index contributed by atoms with van der Waals surface area (Å²) in [6.45, 7) is 3.38. The van der Waals surface area contributed by atoms with E-state index < -0.39 is 0 Å². The van der Waals surface area contributed by atoms with Crippen LogP contribution in [0.15, 0.2) is 10.6 Å². The van der Waals surface area contributed by atoms with Crippen LogP contribution in [0.5, 0.6) is 0 Å². The van der Waals surface area contributed by atoms with Crippen molar-refractivity contribution in [2.75, 3.05) is 52.4 Å². The molecule has 0 aliphatic carbocycles. The number of rotatable bonds is 2. The zero-order chi connectivity index (χ0) is 14.8. The Kier molecular flexibility index (Phi) is 7.13. The highest BCUT2D eigenvalue weighted by Gasteiger charge is 2.19. The fraction of sp³-hybridized carbons (Fsp3) is 1.00. The van der Waals surface area contributed by atoms with Gasteiger partial charge in [0.25, 0.3) is 0 Å². The molecule has 0 amide bonds.